The van der Waals surface area contributed by atoms with Crippen LogP contribution >= 0.6 is 28.6 Å². The van der Waals surface area contributed by atoms with Crippen LogP contribution in [-0.4, -0.2) is 6.54 Å². The fraction of sp³-hybridized carbons (Fsp3) is 0.333. The molecule has 0 amide bonds. The van der Waals surface area contributed by atoms with Gasteiger partial charge in [0.05, 0.1) is 5.69 Å². The van der Waals surface area contributed by atoms with Gasteiger partial charge in [-0.15, -0.1) is 12.4 Å². The monoisotopic (exact) mass is 247 g/mol. The number of hydrogen-bond acceptors (Lipinski definition) is 1. The van der Waals surface area contributed by atoms with Gasteiger partial charge in [0.25, 0.3) is 0 Å². The maximum atomic E-state index is 3.52. The lowest BCUT2D eigenvalue weighted by molar-refractivity contribution is 0.800. The molecule has 0 aliphatic carbocycles. The number of fused-ring (bicyclic) bond motifs is 1. The molecule has 0 N–H and O–H groups in total. The van der Waals surface area contributed by atoms with Crippen molar-refractivity contribution in [2.45, 2.75) is 12.8 Å². The van der Waals surface area contributed by atoms with Gasteiger partial charge in [-0.1, -0.05) is 18.2 Å². The lowest BCUT2D eigenvalue weighted by Gasteiger charge is -2.24. The molecule has 0 saturated carbocycles. The summed E-state index contributed by atoms with van der Waals surface area (Å²) < 4.78 is 2.14. The first-order valence-electron chi connectivity index (χ1n) is 3.89. The molecule has 1 aliphatic heterocycles. The van der Waals surface area contributed by atoms with Crippen molar-refractivity contribution in [3.8, 4) is 0 Å². The van der Waals surface area contributed by atoms with Gasteiger partial charge < -0.3 is 3.93 Å². The van der Waals surface area contributed by atoms with Crippen molar-refractivity contribution in [3.05, 3.63) is 29.8 Å². The molecule has 1 aromatic carbocycles. The third-order valence-corrected chi connectivity index (χ3v) is 2.79. The van der Waals surface area contributed by atoms with Crippen molar-refractivity contribution in [1.82, 2.24) is 0 Å². The molecule has 1 aromatic rings. The standard InChI is InChI=1S/C9H10BrN.ClH/c10-11-7-3-5-8-4-1-2-6-9(8)11;/h1-2,4,6H,3,5,7H2;1H. The van der Waals surface area contributed by atoms with Crippen LogP contribution in [0.1, 0.15) is 12.0 Å². The SMILES string of the molecule is BrN1CCCc2ccccc21.Cl. The van der Waals surface area contributed by atoms with Crippen LogP contribution in [0.5, 0.6) is 0 Å². The summed E-state index contributed by atoms with van der Waals surface area (Å²) in [5.41, 5.74) is 2.79. The van der Waals surface area contributed by atoms with Gasteiger partial charge in [0.2, 0.25) is 0 Å². The Labute approximate surface area is 87.5 Å². The summed E-state index contributed by atoms with van der Waals surface area (Å²) in [5.74, 6) is 0. The largest absolute Gasteiger partial charge is 0.309 e. The summed E-state index contributed by atoms with van der Waals surface area (Å²) in [5, 5.41) is 0. The molecule has 12 heavy (non-hydrogen) atoms. The number of rotatable bonds is 0. The molecule has 0 spiro atoms. The van der Waals surface area contributed by atoms with Crippen LogP contribution in [0, 0.1) is 0 Å². The molecule has 66 valence electrons. The third-order valence-electron chi connectivity index (χ3n) is 2.05. The summed E-state index contributed by atoms with van der Waals surface area (Å²) >= 11 is 3.52. The van der Waals surface area contributed by atoms with Crippen LogP contribution in [-0.2, 0) is 6.42 Å². The Morgan fingerprint density at radius 1 is 1.25 bits per heavy atom. The average Bonchev–Trinajstić information content (AvgIpc) is 2.06. The molecule has 1 heterocycles. The lowest BCUT2D eigenvalue weighted by Crippen LogP contribution is -2.18. The first-order valence-corrected chi connectivity index (χ1v) is 4.60. The zero-order valence-corrected chi connectivity index (χ0v) is 9.07. The molecule has 0 atom stereocenters. The predicted molar refractivity (Wildman–Crippen MR) is 58.3 cm³/mol. The van der Waals surface area contributed by atoms with E-state index in [0.29, 0.717) is 0 Å². The van der Waals surface area contributed by atoms with Gasteiger partial charge >= 0.3 is 0 Å². The summed E-state index contributed by atoms with van der Waals surface area (Å²) in [6.07, 6.45) is 2.47. The van der Waals surface area contributed by atoms with E-state index in [1.54, 1.807) is 0 Å². The Hall–Kier alpha value is -0.210. The van der Waals surface area contributed by atoms with Crippen LogP contribution in [0.3, 0.4) is 0 Å². The van der Waals surface area contributed by atoms with Crippen LogP contribution in [0.15, 0.2) is 24.3 Å². The maximum Gasteiger partial charge on any atom is 0.0502 e. The van der Waals surface area contributed by atoms with Gasteiger partial charge in [-0.25, -0.2) is 0 Å². The van der Waals surface area contributed by atoms with E-state index in [1.807, 2.05) is 0 Å². The summed E-state index contributed by atoms with van der Waals surface area (Å²) in [6, 6.07) is 8.54. The molecule has 0 radical (unpaired) electrons. The van der Waals surface area contributed by atoms with E-state index in [0.717, 1.165) is 6.54 Å². The first kappa shape index (κ1) is 9.87. The highest BCUT2D eigenvalue weighted by Crippen LogP contribution is 2.28. The number of hydrogen-bond donors (Lipinski definition) is 0. The quantitative estimate of drug-likeness (QED) is 0.638. The minimum atomic E-state index is 0. The predicted octanol–water partition coefficient (Wildman–Crippen LogP) is 3.17. The number of nitrogens with zero attached hydrogens (tertiary/aromatic N) is 1. The van der Waals surface area contributed by atoms with E-state index < -0.39 is 0 Å². The average molecular weight is 249 g/mol. The minimum Gasteiger partial charge on any atom is -0.309 e. The highest BCUT2D eigenvalue weighted by atomic mass is 79.9. The van der Waals surface area contributed by atoms with Crippen LogP contribution in [0.2, 0.25) is 0 Å². The van der Waals surface area contributed by atoms with Gasteiger partial charge in [0, 0.05) is 22.7 Å². The van der Waals surface area contributed by atoms with Gasteiger partial charge in [0.15, 0.2) is 0 Å². The highest BCUT2D eigenvalue weighted by Gasteiger charge is 2.12. The number of halogens is 2. The zero-order chi connectivity index (χ0) is 7.68. The second-order valence-electron chi connectivity index (χ2n) is 2.82. The van der Waals surface area contributed by atoms with E-state index in [4.69, 9.17) is 0 Å². The fourth-order valence-electron chi connectivity index (χ4n) is 1.49. The van der Waals surface area contributed by atoms with Gasteiger partial charge in [-0.05, 0) is 24.5 Å². The topological polar surface area (TPSA) is 3.24 Å². The van der Waals surface area contributed by atoms with Crippen molar-refractivity contribution in [2.24, 2.45) is 0 Å². The smallest absolute Gasteiger partial charge is 0.0502 e. The van der Waals surface area contributed by atoms with E-state index in [2.05, 4.69) is 44.3 Å². The number of benzene rings is 1. The molecule has 2 rings (SSSR count). The second-order valence-corrected chi connectivity index (χ2v) is 3.67. The Morgan fingerprint density at radius 3 is 2.75 bits per heavy atom. The van der Waals surface area contributed by atoms with Crippen LogP contribution in [0.4, 0.5) is 5.69 Å². The Kier molecular flexibility index (Phi) is 3.41. The Balaban J connectivity index is 0.000000720. The van der Waals surface area contributed by atoms with E-state index >= 15 is 0 Å². The van der Waals surface area contributed by atoms with Crippen molar-refractivity contribution in [2.75, 3.05) is 10.5 Å². The normalized spacial score (nSPS) is 14.9. The van der Waals surface area contributed by atoms with Gasteiger partial charge in [-0.2, -0.15) is 0 Å². The first-order chi connectivity index (χ1) is 5.38. The molecule has 1 nitrogen and oxygen atoms in total. The molecular formula is C9H11BrClN. The summed E-state index contributed by atoms with van der Waals surface area (Å²) in [6.45, 7) is 1.12. The number of para-hydroxylation sites is 1. The third kappa shape index (κ3) is 1.75. The lowest BCUT2D eigenvalue weighted by atomic mass is 10.0. The second kappa shape index (κ2) is 4.15. The Morgan fingerprint density at radius 2 is 2.00 bits per heavy atom. The maximum absolute atomic E-state index is 3.52. The minimum absolute atomic E-state index is 0. The van der Waals surface area contributed by atoms with E-state index in [-0.39, 0.29) is 12.4 Å². The molecule has 0 bridgehead atoms. The zero-order valence-electron chi connectivity index (χ0n) is 6.66. The van der Waals surface area contributed by atoms with Crippen molar-refractivity contribution >= 4 is 34.2 Å². The summed E-state index contributed by atoms with van der Waals surface area (Å²) in [4.78, 5) is 0. The van der Waals surface area contributed by atoms with Gasteiger partial charge in [-0.3, -0.25) is 0 Å². The van der Waals surface area contributed by atoms with E-state index in [1.165, 1.54) is 24.1 Å². The van der Waals surface area contributed by atoms with Crippen molar-refractivity contribution in [1.29, 1.82) is 0 Å². The molecule has 3 heteroatoms. The molecule has 0 fully saturated rings. The van der Waals surface area contributed by atoms with Crippen molar-refractivity contribution < 1.29 is 0 Å². The molecule has 1 aliphatic rings. The Bertz CT molecular complexity index is 264. The van der Waals surface area contributed by atoms with Crippen LogP contribution < -0.4 is 3.93 Å². The molecular weight excluding hydrogens is 237 g/mol. The number of anilines is 1. The molecule has 0 unspecified atom stereocenters. The van der Waals surface area contributed by atoms with Crippen molar-refractivity contribution in [3.63, 3.8) is 0 Å². The van der Waals surface area contributed by atoms with Gasteiger partial charge in [0.1, 0.15) is 0 Å². The fourth-order valence-corrected chi connectivity index (χ4v) is 2.08. The molecule has 0 saturated heterocycles. The summed E-state index contributed by atoms with van der Waals surface area (Å²) in [7, 11) is 0. The molecule has 0 aromatic heterocycles. The van der Waals surface area contributed by atoms with E-state index in [9.17, 15) is 0 Å². The van der Waals surface area contributed by atoms with Crippen LogP contribution in [0.25, 0.3) is 0 Å². The highest BCUT2D eigenvalue weighted by molar-refractivity contribution is 9.10. The number of aryl methyl sites for hydroxylation is 1.